The van der Waals surface area contributed by atoms with Gasteiger partial charge in [0.25, 0.3) is 0 Å². The second-order valence-corrected chi connectivity index (χ2v) is 6.87. The lowest BCUT2D eigenvalue weighted by Crippen LogP contribution is -2.24. The second kappa shape index (κ2) is 5.58. The van der Waals surface area contributed by atoms with Crippen LogP contribution in [0.2, 0.25) is 0 Å². The van der Waals surface area contributed by atoms with Gasteiger partial charge in [-0.2, -0.15) is 0 Å². The minimum Gasteiger partial charge on any atom is -0.215 e. The van der Waals surface area contributed by atoms with Crippen LogP contribution in [-0.2, 0) is 11.3 Å². The Bertz CT molecular complexity index is 579. The van der Waals surface area contributed by atoms with Crippen LogP contribution in [0.1, 0.15) is 26.3 Å². The summed E-state index contributed by atoms with van der Waals surface area (Å²) < 4.78 is 15.6. The van der Waals surface area contributed by atoms with E-state index in [0.29, 0.717) is 5.75 Å². The zero-order chi connectivity index (χ0) is 14.0. The summed E-state index contributed by atoms with van der Waals surface area (Å²) in [7, 11) is 0. The van der Waals surface area contributed by atoms with Gasteiger partial charge in [-0.05, 0) is 48.9 Å². The number of thioether (sulfide) groups is 1. The maximum atomic E-state index is 13.0. The van der Waals surface area contributed by atoms with Gasteiger partial charge in [-0.3, -0.25) is 0 Å². The van der Waals surface area contributed by atoms with Gasteiger partial charge >= 0.3 is 0 Å². The van der Waals surface area contributed by atoms with Crippen molar-refractivity contribution >= 4 is 27.7 Å². The van der Waals surface area contributed by atoms with Crippen molar-refractivity contribution < 1.29 is 4.39 Å². The number of nitrogens with zero attached hydrogens (tertiary/aromatic N) is 4. The zero-order valence-electron chi connectivity index (χ0n) is 10.9. The maximum Gasteiger partial charge on any atom is 0.210 e. The molecule has 1 aromatic heterocycles. The predicted molar refractivity (Wildman–Crippen MR) is 76.5 cm³/mol. The van der Waals surface area contributed by atoms with Crippen LogP contribution in [0.3, 0.4) is 0 Å². The topological polar surface area (TPSA) is 43.6 Å². The lowest BCUT2D eigenvalue weighted by molar-refractivity contribution is 0.321. The first-order valence-corrected chi connectivity index (χ1v) is 7.51. The Kier molecular flexibility index (Phi) is 4.25. The van der Waals surface area contributed by atoms with Gasteiger partial charge in [0.15, 0.2) is 0 Å². The molecule has 0 fully saturated rings. The standard InChI is InChI=1S/C12H14BrFN4S/c1-12(2,3)18-11(15-16-17-18)19-7-8-4-5-9(14)6-10(8)13/h4-6H,7H2,1-3H3. The van der Waals surface area contributed by atoms with E-state index < -0.39 is 0 Å². The van der Waals surface area contributed by atoms with Gasteiger partial charge in [-0.1, -0.05) is 33.8 Å². The van der Waals surface area contributed by atoms with Crippen LogP contribution in [0.5, 0.6) is 0 Å². The second-order valence-electron chi connectivity index (χ2n) is 5.07. The Morgan fingerprint density at radius 3 is 2.74 bits per heavy atom. The van der Waals surface area contributed by atoms with E-state index >= 15 is 0 Å². The van der Waals surface area contributed by atoms with Crippen LogP contribution in [0.25, 0.3) is 0 Å². The molecule has 0 radical (unpaired) electrons. The lowest BCUT2D eigenvalue weighted by Gasteiger charge is -2.19. The van der Waals surface area contributed by atoms with Crippen LogP contribution < -0.4 is 0 Å². The third-order valence-electron chi connectivity index (χ3n) is 2.45. The molecule has 0 spiro atoms. The molecule has 7 heteroatoms. The summed E-state index contributed by atoms with van der Waals surface area (Å²) in [6, 6.07) is 4.67. The first-order chi connectivity index (χ1) is 8.88. The van der Waals surface area contributed by atoms with Crippen molar-refractivity contribution in [3.05, 3.63) is 34.1 Å². The first-order valence-electron chi connectivity index (χ1n) is 5.73. The molecule has 1 aromatic carbocycles. The molecule has 0 amide bonds. The molecule has 0 aliphatic carbocycles. The van der Waals surface area contributed by atoms with Gasteiger partial charge in [-0.15, -0.1) is 5.10 Å². The smallest absolute Gasteiger partial charge is 0.210 e. The van der Waals surface area contributed by atoms with Gasteiger partial charge < -0.3 is 0 Å². The molecule has 1 heterocycles. The molecule has 0 bridgehead atoms. The molecule has 0 saturated carbocycles. The summed E-state index contributed by atoms with van der Waals surface area (Å²) in [5.41, 5.74) is 0.848. The van der Waals surface area contributed by atoms with Crippen molar-refractivity contribution in [2.45, 2.75) is 37.2 Å². The fourth-order valence-corrected chi connectivity index (χ4v) is 3.21. The number of rotatable bonds is 3. The van der Waals surface area contributed by atoms with E-state index in [1.807, 2.05) is 20.8 Å². The zero-order valence-corrected chi connectivity index (χ0v) is 13.3. The summed E-state index contributed by atoms with van der Waals surface area (Å²) >= 11 is 4.89. The van der Waals surface area contributed by atoms with E-state index in [1.54, 1.807) is 10.7 Å². The average Bonchev–Trinajstić information content (AvgIpc) is 2.75. The number of halogens is 2. The van der Waals surface area contributed by atoms with Crippen LogP contribution in [0.4, 0.5) is 4.39 Å². The summed E-state index contributed by atoms with van der Waals surface area (Å²) in [4.78, 5) is 0. The third kappa shape index (κ3) is 3.54. The van der Waals surface area contributed by atoms with Gasteiger partial charge in [0, 0.05) is 10.2 Å². The normalized spacial score (nSPS) is 11.8. The van der Waals surface area contributed by atoms with Crippen molar-refractivity contribution in [3.63, 3.8) is 0 Å². The van der Waals surface area contributed by atoms with E-state index in [4.69, 9.17) is 0 Å². The van der Waals surface area contributed by atoms with Gasteiger partial charge in [0.2, 0.25) is 5.16 Å². The Labute approximate surface area is 123 Å². The molecule has 102 valence electrons. The third-order valence-corrected chi connectivity index (χ3v) is 4.15. The minimum absolute atomic E-state index is 0.161. The molecule has 4 nitrogen and oxygen atoms in total. The maximum absolute atomic E-state index is 13.0. The van der Waals surface area contributed by atoms with Crippen LogP contribution in [0, 0.1) is 5.82 Å². The van der Waals surface area contributed by atoms with Crippen LogP contribution in [0.15, 0.2) is 27.8 Å². The minimum atomic E-state index is -0.250. The van der Waals surface area contributed by atoms with E-state index in [9.17, 15) is 4.39 Å². The van der Waals surface area contributed by atoms with Crippen molar-refractivity contribution in [3.8, 4) is 0 Å². The lowest BCUT2D eigenvalue weighted by atomic mass is 10.1. The van der Waals surface area contributed by atoms with Crippen molar-refractivity contribution in [2.75, 3.05) is 0 Å². The average molecular weight is 345 g/mol. The van der Waals surface area contributed by atoms with E-state index in [1.165, 1.54) is 23.9 Å². The van der Waals surface area contributed by atoms with E-state index in [2.05, 4.69) is 31.5 Å². The highest BCUT2D eigenvalue weighted by atomic mass is 79.9. The van der Waals surface area contributed by atoms with E-state index in [0.717, 1.165) is 15.2 Å². The van der Waals surface area contributed by atoms with Crippen molar-refractivity contribution in [1.29, 1.82) is 0 Å². The summed E-state index contributed by atoms with van der Waals surface area (Å²) in [5, 5.41) is 12.5. The largest absolute Gasteiger partial charge is 0.215 e. The van der Waals surface area contributed by atoms with Crippen molar-refractivity contribution in [1.82, 2.24) is 20.2 Å². The number of hydrogen-bond donors (Lipinski definition) is 0. The van der Waals surface area contributed by atoms with Crippen LogP contribution in [-0.4, -0.2) is 20.2 Å². The van der Waals surface area contributed by atoms with Gasteiger partial charge in [0.1, 0.15) is 5.82 Å². The SMILES string of the molecule is CC(C)(C)n1nnnc1SCc1ccc(F)cc1Br. The fraction of sp³-hybridized carbons (Fsp3) is 0.417. The van der Waals surface area contributed by atoms with Gasteiger partial charge in [0.05, 0.1) is 5.54 Å². The molecule has 0 saturated heterocycles. The Morgan fingerprint density at radius 2 is 2.11 bits per heavy atom. The molecule has 0 aliphatic rings. The molecule has 2 aromatic rings. The Balaban J connectivity index is 2.13. The molecule has 0 N–H and O–H groups in total. The van der Waals surface area contributed by atoms with Crippen molar-refractivity contribution in [2.24, 2.45) is 0 Å². The molecular weight excluding hydrogens is 331 g/mol. The summed E-state index contributed by atoms with van der Waals surface area (Å²) in [6.45, 7) is 6.13. The highest BCUT2D eigenvalue weighted by Crippen LogP contribution is 2.28. The number of aromatic nitrogens is 4. The highest BCUT2D eigenvalue weighted by molar-refractivity contribution is 9.10. The number of hydrogen-bond acceptors (Lipinski definition) is 4. The fourth-order valence-electron chi connectivity index (χ4n) is 1.47. The molecule has 0 atom stereocenters. The predicted octanol–water partition coefficient (Wildman–Crippen LogP) is 3.62. The monoisotopic (exact) mass is 344 g/mol. The summed E-state index contributed by atoms with van der Waals surface area (Å²) in [6.07, 6.45) is 0. The number of benzene rings is 1. The van der Waals surface area contributed by atoms with Gasteiger partial charge in [-0.25, -0.2) is 9.07 Å². The highest BCUT2D eigenvalue weighted by Gasteiger charge is 2.20. The molecule has 0 aliphatic heterocycles. The molecular formula is C12H14BrFN4S. The Morgan fingerprint density at radius 1 is 1.37 bits per heavy atom. The molecule has 2 rings (SSSR count). The van der Waals surface area contributed by atoms with Crippen LogP contribution >= 0.6 is 27.7 Å². The van der Waals surface area contributed by atoms with E-state index in [-0.39, 0.29) is 11.4 Å². The Hall–Kier alpha value is -0.950. The molecule has 19 heavy (non-hydrogen) atoms. The summed E-state index contributed by atoms with van der Waals surface area (Å²) in [5.74, 6) is 0.428. The quantitative estimate of drug-likeness (QED) is 0.797. The number of tetrazole rings is 1. The molecule has 0 unspecified atom stereocenters. The first kappa shape index (κ1) is 14.5.